The van der Waals surface area contributed by atoms with E-state index in [2.05, 4.69) is 5.32 Å². The minimum absolute atomic E-state index is 0.131. The predicted molar refractivity (Wildman–Crippen MR) is 167 cm³/mol. The number of benzene rings is 2. The second-order valence-corrected chi connectivity index (χ2v) is 15.3. The number of amides is 2. The molecular formula is C31H41Cl2N3O6S. The molecule has 0 aromatic heterocycles. The van der Waals surface area contributed by atoms with E-state index in [0.29, 0.717) is 35.7 Å². The number of carbonyl (C=O) groups excluding carboxylic acids is 2. The average molecular weight is 655 g/mol. The van der Waals surface area contributed by atoms with Crippen LogP contribution in [0.1, 0.15) is 69.0 Å². The summed E-state index contributed by atoms with van der Waals surface area (Å²) in [7, 11) is -1.80. The normalized spacial score (nSPS) is 24.2. The van der Waals surface area contributed by atoms with Crippen LogP contribution in [-0.4, -0.2) is 83.8 Å². The maximum Gasteiger partial charge on any atom is 0.229 e. The number of aliphatic hydroxyl groups excluding tert-OH is 2. The zero-order valence-corrected chi connectivity index (χ0v) is 27.1. The van der Waals surface area contributed by atoms with Gasteiger partial charge in [-0.1, -0.05) is 54.4 Å². The van der Waals surface area contributed by atoms with Crippen LogP contribution in [0.5, 0.6) is 0 Å². The number of carbonyl (C=O) groups is 2. The van der Waals surface area contributed by atoms with Crippen molar-refractivity contribution in [1.82, 2.24) is 14.5 Å². The molecule has 0 bridgehead atoms. The Bertz CT molecular complexity index is 1400. The highest BCUT2D eigenvalue weighted by molar-refractivity contribution is 7.90. The number of halogens is 2. The summed E-state index contributed by atoms with van der Waals surface area (Å²) in [6.45, 7) is 3.31. The Hall–Kier alpha value is -2.21. The lowest BCUT2D eigenvalue weighted by Gasteiger charge is -2.51. The van der Waals surface area contributed by atoms with Crippen molar-refractivity contribution in [1.29, 1.82) is 0 Å². The lowest BCUT2D eigenvalue weighted by molar-refractivity contribution is -0.157. The number of sulfonamides is 1. The van der Waals surface area contributed by atoms with E-state index in [1.807, 2.05) is 42.2 Å². The molecule has 0 radical (unpaired) electrons. The number of hydrogen-bond acceptors (Lipinski definition) is 6. The van der Waals surface area contributed by atoms with Gasteiger partial charge in [0.25, 0.3) is 0 Å². The van der Waals surface area contributed by atoms with Crippen molar-refractivity contribution < 1.29 is 28.2 Å². The zero-order chi connectivity index (χ0) is 31.5. The van der Waals surface area contributed by atoms with Gasteiger partial charge in [0.15, 0.2) is 0 Å². The summed E-state index contributed by atoms with van der Waals surface area (Å²) in [6.07, 6.45) is 0.839. The van der Waals surface area contributed by atoms with E-state index in [1.54, 1.807) is 32.2 Å². The van der Waals surface area contributed by atoms with Crippen molar-refractivity contribution in [2.75, 3.05) is 26.7 Å². The summed E-state index contributed by atoms with van der Waals surface area (Å²) in [6, 6.07) is 14.0. The minimum Gasteiger partial charge on any atom is -0.394 e. The Balaban J connectivity index is 1.73. The van der Waals surface area contributed by atoms with Crippen LogP contribution in [0.2, 0.25) is 10.0 Å². The van der Waals surface area contributed by atoms with E-state index in [4.69, 9.17) is 28.3 Å². The zero-order valence-electron chi connectivity index (χ0n) is 24.7. The molecule has 1 aliphatic heterocycles. The number of nitrogens with zero attached hydrogens (tertiary/aromatic N) is 2. The van der Waals surface area contributed by atoms with E-state index in [9.17, 15) is 23.1 Å². The van der Waals surface area contributed by atoms with Gasteiger partial charge in [-0.3, -0.25) is 9.59 Å². The van der Waals surface area contributed by atoms with Gasteiger partial charge in [0.05, 0.1) is 29.4 Å². The van der Waals surface area contributed by atoms with E-state index < -0.39 is 40.1 Å². The van der Waals surface area contributed by atoms with Gasteiger partial charge in [-0.25, -0.2) is 12.7 Å². The highest BCUT2D eigenvalue weighted by Crippen LogP contribution is 2.52. The van der Waals surface area contributed by atoms with Gasteiger partial charge < -0.3 is 20.4 Å². The number of likely N-dealkylation sites (tertiary alicyclic amines) is 1. The smallest absolute Gasteiger partial charge is 0.229 e. The van der Waals surface area contributed by atoms with Crippen molar-refractivity contribution in [3.05, 3.63) is 69.7 Å². The van der Waals surface area contributed by atoms with Gasteiger partial charge in [-0.05, 0) is 68.0 Å². The molecule has 2 aromatic rings. The summed E-state index contributed by atoms with van der Waals surface area (Å²) in [5, 5.41) is 22.3. The minimum atomic E-state index is -3.38. The third-order valence-electron chi connectivity index (χ3n) is 8.60. The maximum absolute atomic E-state index is 14.5. The molecule has 2 aromatic carbocycles. The first-order chi connectivity index (χ1) is 20.3. The molecule has 236 valence electrons. The molecule has 12 heteroatoms. The summed E-state index contributed by atoms with van der Waals surface area (Å²) < 4.78 is 27.1. The van der Waals surface area contributed by atoms with Crippen LogP contribution in [0.15, 0.2) is 48.5 Å². The van der Waals surface area contributed by atoms with E-state index in [0.717, 1.165) is 11.1 Å². The fraction of sp³-hybridized carbons (Fsp3) is 0.548. The topological polar surface area (TPSA) is 127 Å². The average Bonchev–Trinajstić information content (AvgIpc) is 3.82. The van der Waals surface area contributed by atoms with Gasteiger partial charge >= 0.3 is 0 Å². The molecule has 2 amide bonds. The Morgan fingerprint density at radius 3 is 2.42 bits per heavy atom. The van der Waals surface area contributed by atoms with E-state index in [1.165, 1.54) is 4.31 Å². The first kappa shape index (κ1) is 33.7. The molecule has 0 unspecified atom stereocenters. The Morgan fingerprint density at radius 1 is 1.14 bits per heavy atom. The molecule has 1 aliphatic carbocycles. The van der Waals surface area contributed by atoms with Crippen LogP contribution in [0.4, 0.5) is 0 Å². The largest absolute Gasteiger partial charge is 0.394 e. The molecular weight excluding hydrogens is 613 g/mol. The fourth-order valence-electron chi connectivity index (χ4n) is 6.00. The molecule has 4 rings (SSSR count). The van der Waals surface area contributed by atoms with Crippen LogP contribution in [0.25, 0.3) is 0 Å². The molecule has 2 fully saturated rings. The summed E-state index contributed by atoms with van der Waals surface area (Å²) in [5.74, 6) is -0.890. The maximum atomic E-state index is 14.5. The highest BCUT2D eigenvalue weighted by atomic mass is 35.5. The van der Waals surface area contributed by atoms with Crippen LogP contribution < -0.4 is 5.32 Å². The third-order valence-corrected chi connectivity index (χ3v) is 11.5. The van der Waals surface area contributed by atoms with Crippen LogP contribution in [0, 0.1) is 5.41 Å². The lowest BCUT2D eigenvalue weighted by Crippen LogP contribution is -2.56. The molecule has 1 saturated heterocycles. The summed E-state index contributed by atoms with van der Waals surface area (Å²) in [5.41, 5.74) is 0.656. The quantitative estimate of drug-likeness (QED) is 0.299. The second-order valence-electron chi connectivity index (χ2n) is 12.2. The van der Waals surface area contributed by atoms with E-state index >= 15 is 0 Å². The van der Waals surface area contributed by atoms with Crippen LogP contribution >= 0.6 is 23.2 Å². The molecule has 2 aliphatic rings. The molecule has 9 nitrogen and oxygen atoms in total. The Morgan fingerprint density at radius 2 is 1.81 bits per heavy atom. The van der Waals surface area contributed by atoms with Crippen molar-refractivity contribution in [2.45, 2.75) is 75.3 Å². The van der Waals surface area contributed by atoms with Gasteiger partial charge in [0.2, 0.25) is 21.8 Å². The molecule has 3 N–H and O–H groups in total. The van der Waals surface area contributed by atoms with Crippen molar-refractivity contribution in [3.63, 3.8) is 0 Å². The Labute approximate surface area is 264 Å². The highest BCUT2D eigenvalue weighted by Gasteiger charge is 2.52. The van der Waals surface area contributed by atoms with Crippen LogP contribution in [-0.2, 0) is 19.6 Å². The van der Waals surface area contributed by atoms with Crippen molar-refractivity contribution in [2.24, 2.45) is 5.41 Å². The molecule has 0 spiro atoms. The number of piperidine rings is 1. The number of rotatable bonds is 13. The number of hydrogen-bond donors (Lipinski definition) is 3. The number of nitrogens with one attached hydrogen (secondary N) is 1. The van der Waals surface area contributed by atoms with Crippen molar-refractivity contribution in [3.8, 4) is 0 Å². The van der Waals surface area contributed by atoms with E-state index in [-0.39, 0.29) is 42.6 Å². The lowest BCUT2D eigenvalue weighted by atomic mass is 9.67. The Kier molecular flexibility index (Phi) is 10.8. The third kappa shape index (κ3) is 7.90. The molecule has 5 atom stereocenters. The van der Waals surface area contributed by atoms with Gasteiger partial charge in [-0.15, -0.1) is 0 Å². The monoisotopic (exact) mass is 653 g/mol. The number of aliphatic hydroxyl groups is 2. The molecule has 43 heavy (non-hydrogen) atoms. The predicted octanol–water partition coefficient (Wildman–Crippen LogP) is 4.12. The first-order valence-corrected chi connectivity index (χ1v) is 16.9. The van der Waals surface area contributed by atoms with Gasteiger partial charge in [0.1, 0.15) is 0 Å². The molecule has 1 heterocycles. The SMILES string of the molecule is C[C@@H](CCN(C)S(=O)(=O)C1CC1)N1C(=O)[C@@](C)(CC(=O)NC[C@H](O)CO)C[C@H](c2cccc(Cl)c2)[C@H]1c1ccc(Cl)cc1. The first-order valence-electron chi connectivity index (χ1n) is 14.6. The fourth-order valence-corrected chi connectivity index (χ4v) is 7.92. The van der Waals surface area contributed by atoms with Gasteiger partial charge in [0, 0.05) is 48.6 Å². The molecule has 1 saturated carbocycles. The standard InChI is InChI=1S/C31H41Cl2N3O6S/c1-20(13-14-35(3)43(41,42)26-11-12-26)36-29(21-7-9-23(32)10-8-21)27(22-5-4-6-24(33)15-22)16-31(2,30(36)40)17-28(39)34-18-25(38)19-37/h4-10,15,20,25-27,29,37-38H,11-14,16-19H2,1-3H3,(H,34,39)/t20-,25-,27+,29+,31+/m0/s1. The summed E-state index contributed by atoms with van der Waals surface area (Å²) >= 11 is 12.7. The van der Waals surface area contributed by atoms with Crippen molar-refractivity contribution >= 4 is 45.0 Å². The summed E-state index contributed by atoms with van der Waals surface area (Å²) in [4.78, 5) is 29.4. The van der Waals surface area contributed by atoms with Gasteiger partial charge in [-0.2, -0.15) is 0 Å². The second kappa shape index (κ2) is 13.8. The van der Waals surface area contributed by atoms with Crippen LogP contribution in [0.3, 0.4) is 0 Å².